The molecule has 0 aromatic carbocycles. The van der Waals surface area contributed by atoms with Crippen LogP contribution in [0.2, 0.25) is 0 Å². The van der Waals surface area contributed by atoms with Crippen molar-refractivity contribution in [2.75, 3.05) is 20.6 Å². The number of hydrogen-bond acceptors (Lipinski definition) is 4. The van der Waals surface area contributed by atoms with E-state index in [4.69, 9.17) is 5.73 Å². The summed E-state index contributed by atoms with van der Waals surface area (Å²) in [5.74, 6) is 0. The molecule has 0 aliphatic rings. The minimum absolute atomic E-state index is 0.248. The zero-order valence-corrected chi connectivity index (χ0v) is 14.6. The molecule has 2 rings (SSSR count). The highest BCUT2D eigenvalue weighted by atomic mass is 79.9. The molecule has 21 heavy (non-hydrogen) atoms. The van der Waals surface area contributed by atoms with Crippen molar-refractivity contribution < 1.29 is 0 Å². The fraction of sp³-hybridized carbons (Fsp3) is 0.571. The molecule has 0 amide bonds. The topological polar surface area (TPSA) is 64.9 Å². The molecule has 116 valence electrons. The van der Waals surface area contributed by atoms with Gasteiger partial charge in [-0.25, -0.2) is 0 Å². The third-order valence-electron chi connectivity index (χ3n) is 3.53. The quantitative estimate of drug-likeness (QED) is 0.854. The third-order valence-corrected chi connectivity index (χ3v) is 4.15. The van der Waals surface area contributed by atoms with Crippen LogP contribution < -0.4 is 5.73 Å². The summed E-state index contributed by atoms with van der Waals surface area (Å²) in [6.07, 6.45) is 2.71. The lowest BCUT2D eigenvalue weighted by atomic mass is 10.1. The largest absolute Gasteiger partial charge is 0.318 e. The van der Waals surface area contributed by atoms with Gasteiger partial charge in [0.1, 0.15) is 0 Å². The molecule has 2 N–H and O–H groups in total. The van der Waals surface area contributed by atoms with Gasteiger partial charge in [0, 0.05) is 13.6 Å². The molecule has 0 fully saturated rings. The minimum Gasteiger partial charge on any atom is -0.318 e. The van der Waals surface area contributed by atoms with Gasteiger partial charge in [-0.3, -0.25) is 9.36 Å². The molecule has 2 aromatic rings. The molecule has 1 unspecified atom stereocenters. The van der Waals surface area contributed by atoms with Crippen molar-refractivity contribution in [3.8, 4) is 0 Å². The molecule has 0 saturated heterocycles. The Labute approximate surface area is 134 Å². The molecule has 0 saturated carbocycles. The molecule has 2 aromatic heterocycles. The van der Waals surface area contributed by atoms with Crippen molar-refractivity contribution in [3.05, 3.63) is 33.8 Å². The highest BCUT2D eigenvalue weighted by Crippen LogP contribution is 2.27. The summed E-state index contributed by atoms with van der Waals surface area (Å²) in [7, 11) is 6.03. The van der Waals surface area contributed by atoms with Crippen LogP contribution in [0.5, 0.6) is 0 Å². The van der Waals surface area contributed by atoms with Gasteiger partial charge in [-0.15, -0.1) is 0 Å². The monoisotopic (exact) mass is 354 g/mol. The van der Waals surface area contributed by atoms with Gasteiger partial charge in [0.2, 0.25) is 0 Å². The van der Waals surface area contributed by atoms with Crippen molar-refractivity contribution in [2.45, 2.75) is 25.9 Å². The summed E-state index contributed by atoms with van der Waals surface area (Å²) >= 11 is 3.56. The van der Waals surface area contributed by atoms with Crippen LogP contribution in [0.25, 0.3) is 0 Å². The maximum absolute atomic E-state index is 6.47. The van der Waals surface area contributed by atoms with E-state index in [0.29, 0.717) is 0 Å². The van der Waals surface area contributed by atoms with Gasteiger partial charge >= 0.3 is 0 Å². The second kappa shape index (κ2) is 6.72. The number of nitrogens with zero attached hydrogens (tertiary/aromatic N) is 5. The van der Waals surface area contributed by atoms with Gasteiger partial charge in [-0.05, 0) is 42.5 Å². The van der Waals surface area contributed by atoms with E-state index in [-0.39, 0.29) is 6.04 Å². The predicted octanol–water partition coefficient (Wildman–Crippen LogP) is 1.55. The summed E-state index contributed by atoms with van der Waals surface area (Å²) < 4.78 is 4.76. The Hall–Kier alpha value is -1.18. The lowest BCUT2D eigenvalue weighted by Crippen LogP contribution is -2.24. The molecular formula is C14H23BrN6. The molecule has 0 spiro atoms. The summed E-state index contributed by atoms with van der Waals surface area (Å²) in [4.78, 5) is 2.13. The highest BCUT2D eigenvalue weighted by molar-refractivity contribution is 9.10. The van der Waals surface area contributed by atoms with E-state index in [1.165, 1.54) is 0 Å². The van der Waals surface area contributed by atoms with E-state index in [0.717, 1.165) is 41.1 Å². The number of likely N-dealkylation sites (N-methyl/N-ethyl adjacent to an activating group) is 1. The number of halogens is 1. The fourth-order valence-corrected chi connectivity index (χ4v) is 2.84. The molecule has 0 radical (unpaired) electrons. The van der Waals surface area contributed by atoms with Gasteiger partial charge in [-0.2, -0.15) is 10.2 Å². The molecular weight excluding hydrogens is 332 g/mol. The van der Waals surface area contributed by atoms with E-state index in [1.54, 1.807) is 0 Å². The molecule has 6 nitrogen and oxygen atoms in total. The molecule has 0 aliphatic carbocycles. The SMILES string of the molecule is CCc1cc(C(N)c2c(Br)cnn2CCN(C)C)n(C)n1. The van der Waals surface area contributed by atoms with Crippen molar-refractivity contribution in [1.82, 2.24) is 24.5 Å². The number of hydrogen-bond donors (Lipinski definition) is 1. The van der Waals surface area contributed by atoms with Crippen LogP contribution in [0.15, 0.2) is 16.7 Å². The zero-order chi connectivity index (χ0) is 15.6. The van der Waals surface area contributed by atoms with Crippen LogP contribution in [-0.2, 0) is 20.0 Å². The number of nitrogens with two attached hydrogens (primary N) is 1. The Morgan fingerprint density at radius 1 is 1.43 bits per heavy atom. The van der Waals surface area contributed by atoms with Gasteiger partial charge < -0.3 is 10.6 Å². The summed E-state index contributed by atoms with van der Waals surface area (Å²) in [6, 6.07) is 1.82. The molecule has 0 aliphatic heterocycles. The van der Waals surface area contributed by atoms with Gasteiger partial charge in [0.15, 0.2) is 0 Å². The Bertz CT molecular complexity index is 601. The van der Waals surface area contributed by atoms with Crippen LogP contribution in [-0.4, -0.2) is 45.1 Å². The van der Waals surface area contributed by atoms with Gasteiger partial charge in [0.25, 0.3) is 0 Å². The van der Waals surface area contributed by atoms with Crippen LogP contribution in [0, 0.1) is 0 Å². The lowest BCUT2D eigenvalue weighted by Gasteiger charge is -2.17. The zero-order valence-electron chi connectivity index (χ0n) is 13.0. The van der Waals surface area contributed by atoms with Crippen molar-refractivity contribution in [1.29, 1.82) is 0 Å². The summed E-state index contributed by atoms with van der Waals surface area (Å²) in [5, 5.41) is 8.90. The first kappa shape index (κ1) is 16.2. The highest BCUT2D eigenvalue weighted by Gasteiger charge is 2.21. The molecule has 7 heteroatoms. The first-order valence-electron chi connectivity index (χ1n) is 7.08. The van der Waals surface area contributed by atoms with Crippen molar-refractivity contribution in [3.63, 3.8) is 0 Å². The Kier molecular flexibility index (Phi) is 5.18. The smallest absolute Gasteiger partial charge is 0.0905 e. The van der Waals surface area contributed by atoms with Gasteiger partial charge in [0.05, 0.1) is 40.3 Å². The van der Waals surface area contributed by atoms with E-state index in [1.807, 2.05) is 36.7 Å². The van der Waals surface area contributed by atoms with E-state index in [9.17, 15) is 0 Å². The van der Waals surface area contributed by atoms with Crippen LogP contribution in [0.1, 0.15) is 30.0 Å². The maximum atomic E-state index is 6.47. The average molecular weight is 355 g/mol. The van der Waals surface area contributed by atoms with Crippen LogP contribution in [0.4, 0.5) is 0 Å². The Morgan fingerprint density at radius 2 is 2.14 bits per heavy atom. The molecule has 1 atom stereocenters. The Balaban J connectivity index is 2.31. The average Bonchev–Trinajstić information content (AvgIpc) is 2.99. The minimum atomic E-state index is -0.248. The predicted molar refractivity (Wildman–Crippen MR) is 87.1 cm³/mol. The second-order valence-electron chi connectivity index (χ2n) is 5.42. The van der Waals surface area contributed by atoms with Crippen molar-refractivity contribution >= 4 is 15.9 Å². The molecule has 0 bridgehead atoms. The lowest BCUT2D eigenvalue weighted by molar-refractivity contribution is 0.367. The fourth-order valence-electron chi connectivity index (χ4n) is 2.30. The molecule has 2 heterocycles. The summed E-state index contributed by atoms with van der Waals surface area (Å²) in [5.41, 5.74) is 9.51. The van der Waals surface area contributed by atoms with E-state index < -0.39 is 0 Å². The van der Waals surface area contributed by atoms with E-state index in [2.05, 4.69) is 44.0 Å². The second-order valence-corrected chi connectivity index (χ2v) is 6.27. The van der Waals surface area contributed by atoms with Gasteiger partial charge in [-0.1, -0.05) is 6.92 Å². The standard InChI is InChI=1S/C14H23BrN6/c1-5-10-8-12(20(4)18-10)13(16)14-11(15)9-17-21(14)7-6-19(2)3/h8-9,13H,5-7,16H2,1-4H3. The van der Waals surface area contributed by atoms with Crippen molar-refractivity contribution in [2.24, 2.45) is 12.8 Å². The number of aromatic nitrogens is 4. The first-order valence-corrected chi connectivity index (χ1v) is 7.87. The van der Waals surface area contributed by atoms with Crippen LogP contribution >= 0.6 is 15.9 Å². The number of rotatable bonds is 6. The summed E-state index contributed by atoms with van der Waals surface area (Å²) in [6.45, 7) is 3.81. The Morgan fingerprint density at radius 3 is 2.71 bits per heavy atom. The van der Waals surface area contributed by atoms with Crippen LogP contribution in [0.3, 0.4) is 0 Å². The maximum Gasteiger partial charge on any atom is 0.0905 e. The normalized spacial score (nSPS) is 13.1. The first-order chi connectivity index (χ1) is 9.93. The van der Waals surface area contributed by atoms with E-state index >= 15 is 0 Å². The number of aryl methyl sites for hydroxylation is 2. The third kappa shape index (κ3) is 3.53.